The van der Waals surface area contributed by atoms with Crippen LogP contribution in [-0.2, 0) is 0 Å². The maximum atomic E-state index is 5.56. The molecule has 1 aliphatic rings. The molecule has 106 valence electrons. The summed E-state index contributed by atoms with van der Waals surface area (Å²) in [5.41, 5.74) is 4.05. The number of hydrogen-bond donors (Lipinski definition) is 0. The van der Waals surface area contributed by atoms with Crippen molar-refractivity contribution in [3.63, 3.8) is 0 Å². The Morgan fingerprint density at radius 1 is 1.19 bits per heavy atom. The quantitative estimate of drug-likeness (QED) is 0.863. The second-order valence-electron chi connectivity index (χ2n) is 4.83. The third-order valence-electron chi connectivity index (χ3n) is 3.53. The summed E-state index contributed by atoms with van der Waals surface area (Å²) in [5, 5.41) is 0. The van der Waals surface area contributed by atoms with Crippen LogP contribution in [0.25, 0.3) is 11.1 Å². The lowest BCUT2D eigenvalue weighted by Crippen LogP contribution is -2.17. The van der Waals surface area contributed by atoms with Gasteiger partial charge in [-0.3, -0.25) is 0 Å². The van der Waals surface area contributed by atoms with Crippen molar-refractivity contribution in [1.82, 2.24) is 9.97 Å². The molecular weight excluding hydrogens is 262 g/mol. The molecule has 1 aromatic carbocycles. The number of ether oxygens (including phenoxy) is 1. The average molecular weight is 279 g/mol. The number of nitrogens with zero attached hydrogens (tertiary/aromatic N) is 3. The number of methoxy groups -OCH3 is 1. The van der Waals surface area contributed by atoms with Gasteiger partial charge in [0.1, 0.15) is 12.1 Å². The van der Waals surface area contributed by atoms with Gasteiger partial charge in [-0.1, -0.05) is 12.2 Å². The minimum atomic E-state index is 0.827. The summed E-state index contributed by atoms with van der Waals surface area (Å²) in [6.07, 6.45) is 11.6. The third kappa shape index (κ3) is 2.65. The van der Waals surface area contributed by atoms with Crippen LogP contribution in [-0.4, -0.2) is 23.6 Å². The molecule has 1 aliphatic heterocycles. The summed E-state index contributed by atoms with van der Waals surface area (Å²) in [4.78, 5) is 10.5. The molecule has 0 saturated heterocycles. The van der Waals surface area contributed by atoms with Crippen LogP contribution in [0, 0.1) is 6.92 Å². The summed E-state index contributed by atoms with van der Waals surface area (Å²) in [6, 6.07) is 6.20. The molecule has 4 nitrogen and oxygen atoms in total. The van der Waals surface area contributed by atoms with Crippen LogP contribution in [0.1, 0.15) is 5.69 Å². The van der Waals surface area contributed by atoms with Crippen molar-refractivity contribution in [2.24, 2.45) is 0 Å². The third-order valence-corrected chi connectivity index (χ3v) is 3.53. The molecule has 2 aromatic rings. The topological polar surface area (TPSA) is 38.2 Å². The maximum Gasteiger partial charge on any atom is 0.128 e. The Kier molecular flexibility index (Phi) is 3.69. The number of anilines is 1. The molecule has 0 amide bonds. The van der Waals surface area contributed by atoms with Gasteiger partial charge in [-0.15, -0.1) is 0 Å². The monoisotopic (exact) mass is 279 g/mol. The molecule has 0 fully saturated rings. The van der Waals surface area contributed by atoms with Crippen molar-refractivity contribution in [3.8, 4) is 16.9 Å². The van der Waals surface area contributed by atoms with Gasteiger partial charge in [0.25, 0.3) is 0 Å². The SMILES string of the molecule is COc1cc(N2C=CC=CC2)ccc1-c1cncnc1C. The van der Waals surface area contributed by atoms with E-state index in [1.54, 1.807) is 13.4 Å². The van der Waals surface area contributed by atoms with E-state index in [0.717, 1.165) is 34.8 Å². The van der Waals surface area contributed by atoms with E-state index in [9.17, 15) is 0 Å². The molecule has 0 aliphatic carbocycles. The standard InChI is InChI=1S/C17H17N3O/c1-13-16(11-18-12-19-13)15-7-6-14(10-17(15)21-2)20-8-4-3-5-9-20/h3-8,10-12H,9H2,1-2H3. The first-order chi connectivity index (χ1) is 10.3. The van der Waals surface area contributed by atoms with Crippen LogP contribution in [0.5, 0.6) is 5.75 Å². The summed E-state index contributed by atoms with van der Waals surface area (Å²) in [6.45, 7) is 2.84. The fourth-order valence-corrected chi connectivity index (χ4v) is 2.40. The Morgan fingerprint density at radius 2 is 2.10 bits per heavy atom. The van der Waals surface area contributed by atoms with Gasteiger partial charge in [-0.2, -0.15) is 0 Å². The number of aryl methyl sites for hydroxylation is 1. The van der Waals surface area contributed by atoms with Crippen LogP contribution in [0.4, 0.5) is 5.69 Å². The molecule has 0 N–H and O–H groups in total. The summed E-state index contributed by atoms with van der Waals surface area (Å²) < 4.78 is 5.56. The van der Waals surface area contributed by atoms with Crippen molar-refractivity contribution < 1.29 is 4.74 Å². The van der Waals surface area contributed by atoms with Gasteiger partial charge in [0.2, 0.25) is 0 Å². The zero-order chi connectivity index (χ0) is 14.7. The molecule has 0 saturated carbocycles. The molecule has 1 aromatic heterocycles. The van der Waals surface area contributed by atoms with E-state index in [1.807, 2.05) is 31.3 Å². The van der Waals surface area contributed by atoms with Crippen molar-refractivity contribution in [3.05, 3.63) is 60.8 Å². The first-order valence-corrected chi connectivity index (χ1v) is 6.84. The van der Waals surface area contributed by atoms with E-state index in [0.29, 0.717) is 0 Å². The molecule has 0 radical (unpaired) electrons. The predicted octanol–water partition coefficient (Wildman–Crippen LogP) is 3.35. The second-order valence-corrected chi connectivity index (χ2v) is 4.83. The maximum absolute atomic E-state index is 5.56. The fourth-order valence-electron chi connectivity index (χ4n) is 2.40. The minimum Gasteiger partial charge on any atom is -0.496 e. The van der Waals surface area contributed by atoms with Crippen LogP contribution >= 0.6 is 0 Å². The molecule has 0 atom stereocenters. The van der Waals surface area contributed by atoms with E-state index < -0.39 is 0 Å². The molecule has 21 heavy (non-hydrogen) atoms. The molecule has 2 heterocycles. The molecule has 0 unspecified atom stereocenters. The number of allylic oxidation sites excluding steroid dienone is 2. The highest BCUT2D eigenvalue weighted by Gasteiger charge is 2.12. The highest BCUT2D eigenvalue weighted by atomic mass is 16.5. The molecule has 0 spiro atoms. The van der Waals surface area contributed by atoms with E-state index >= 15 is 0 Å². The Bertz CT molecular complexity index is 707. The van der Waals surface area contributed by atoms with Gasteiger partial charge in [0.15, 0.2) is 0 Å². The lowest BCUT2D eigenvalue weighted by Gasteiger charge is -2.22. The Labute approximate surface area is 124 Å². The normalized spacial score (nSPS) is 13.5. The first-order valence-electron chi connectivity index (χ1n) is 6.84. The van der Waals surface area contributed by atoms with Crippen molar-refractivity contribution in [2.45, 2.75) is 6.92 Å². The zero-order valence-corrected chi connectivity index (χ0v) is 12.2. The lowest BCUT2D eigenvalue weighted by atomic mass is 10.0. The highest BCUT2D eigenvalue weighted by molar-refractivity contribution is 5.75. The summed E-state index contributed by atoms with van der Waals surface area (Å²) in [5.74, 6) is 0.827. The smallest absolute Gasteiger partial charge is 0.128 e. The summed E-state index contributed by atoms with van der Waals surface area (Å²) in [7, 11) is 1.69. The van der Waals surface area contributed by atoms with Gasteiger partial charge in [0.05, 0.1) is 7.11 Å². The molecule has 4 heteroatoms. The van der Waals surface area contributed by atoms with Crippen LogP contribution < -0.4 is 9.64 Å². The van der Waals surface area contributed by atoms with E-state index in [4.69, 9.17) is 4.74 Å². The van der Waals surface area contributed by atoms with Gasteiger partial charge < -0.3 is 9.64 Å². The predicted molar refractivity (Wildman–Crippen MR) is 84.4 cm³/mol. The molecular formula is C17H17N3O. The van der Waals surface area contributed by atoms with Crippen LogP contribution in [0.2, 0.25) is 0 Å². The van der Waals surface area contributed by atoms with Crippen molar-refractivity contribution in [1.29, 1.82) is 0 Å². The fraction of sp³-hybridized carbons (Fsp3) is 0.176. The number of rotatable bonds is 3. The molecule has 0 bridgehead atoms. The summed E-state index contributed by atoms with van der Waals surface area (Å²) >= 11 is 0. The average Bonchev–Trinajstić information content (AvgIpc) is 2.56. The highest BCUT2D eigenvalue weighted by Crippen LogP contribution is 2.34. The van der Waals surface area contributed by atoms with E-state index in [2.05, 4.69) is 39.3 Å². The minimum absolute atomic E-state index is 0.827. The Hall–Kier alpha value is -2.62. The van der Waals surface area contributed by atoms with Crippen molar-refractivity contribution in [2.75, 3.05) is 18.6 Å². The molecule has 3 rings (SSSR count). The zero-order valence-electron chi connectivity index (χ0n) is 12.2. The van der Waals surface area contributed by atoms with Gasteiger partial charge in [0, 0.05) is 47.5 Å². The Balaban J connectivity index is 2.02. The number of hydrogen-bond acceptors (Lipinski definition) is 4. The van der Waals surface area contributed by atoms with Crippen LogP contribution in [0.15, 0.2) is 55.2 Å². The van der Waals surface area contributed by atoms with Crippen molar-refractivity contribution >= 4 is 5.69 Å². The number of benzene rings is 1. The lowest BCUT2D eigenvalue weighted by molar-refractivity contribution is 0.416. The Morgan fingerprint density at radius 3 is 2.81 bits per heavy atom. The first kappa shape index (κ1) is 13.4. The van der Waals surface area contributed by atoms with E-state index in [-0.39, 0.29) is 0 Å². The van der Waals surface area contributed by atoms with Gasteiger partial charge in [-0.05, 0) is 25.1 Å². The second kappa shape index (κ2) is 5.79. The van der Waals surface area contributed by atoms with E-state index in [1.165, 1.54) is 0 Å². The van der Waals surface area contributed by atoms with Gasteiger partial charge >= 0.3 is 0 Å². The number of aromatic nitrogens is 2. The van der Waals surface area contributed by atoms with Gasteiger partial charge in [-0.25, -0.2) is 9.97 Å². The van der Waals surface area contributed by atoms with Crippen LogP contribution in [0.3, 0.4) is 0 Å². The largest absolute Gasteiger partial charge is 0.496 e.